The van der Waals surface area contributed by atoms with E-state index in [0.29, 0.717) is 34.1 Å². The number of carbonyl (C=O) groups excluding carboxylic acids is 3. The van der Waals surface area contributed by atoms with Crippen molar-refractivity contribution in [2.75, 3.05) is 23.1 Å². The standard InChI is InChI=1S/C27H29N5O6/c1-16-6-4-5-7-20(16)31-27(37)32-22-10-8-18(12-24(22)38-3)13-25(34)30-19-9-11-21(28-15-19)23(14-26(35)36)29-17(2)33/h4-12,15,23H,13-14H2,1-3H3,(H,29,33)(H,30,34)(H,35,36)(H2,31,32,37). The number of rotatable bonds is 10. The van der Waals surface area contributed by atoms with Crippen molar-refractivity contribution in [2.45, 2.75) is 32.7 Å². The van der Waals surface area contributed by atoms with Gasteiger partial charge in [0, 0.05) is 12.6 Å². The molecule has 0 bridgehead atoms. The van der Waals surface area contributed by atoms with Crippen molar-refractivity contribution in [1.29, 1.82) is 0 Å². The minimum atomic E-state index is -1.08. The molecule has 0 spiro atoms. The number of carboxylic acids is 1. The number of aliphatic carboxylic acids is 1. The minimum absolute atomic E-state index is 0.0291. The molecule has 0 aliphatic carbocycles. The minimum Gasteiger partial charge on any atom is -0.495 e. The molecule has 0 aliphatic rings. The van der Waals surface area contributed by atoms with Crippen LogP contribution in [-0.2, 0) is 20.8 Å². The summed E-state index contributed by atoms with van der Waals surface area (Å²) in [5.74, 6) is -1.38. The molecule has 0 aliphatic heterocycles. The largest absolute Gasteiger partial charge is 0.495 e. The number of ether oxygens (including phenoxy) is 1. The Bertz CT molecular complexity index is 1310. The summed E-state index contributed by atoms with van der Waals surface area (Å²) in [6, 6.07) is 14.3. The van der Waals surface area contributed by atoms with Crippen molar-refractivity contribution in [3.8, 4) is 5.75 Å². The predicted molar refractivity (Wildman–Crippen MR) is 142 cm³/mol. The topological polar surface area (TPSA) is 159 Å². The fourth-order valence-corrected chi connectivity index (χ4v) is 3.66. The maximum absolute atomic E-state index is 12.6. The molecule has 0 fully saturated rings. The Labute approximate surface area is 219 Å². The number of aryl methyl sites for hydroxylation is 1. The summed E-state index contributed by atoms with van der Waals surface area (Å²) in [6.07, 6.45) is 1.10. The van der Waals surface area contributed by atoms with Gasteiger partial charge in [0.25, 0.3) is 0 Å². The van der Waals surface area contributed by atoms with Gasteiger partial charge in [0.15, 0.2) is 0 Å². The molecule has 5 N–H and O–H groups in total. The molecule has 198 valence electrons. The van der Waals surface area contributed by atoms with Crippen LogP contribution >= 0.6 is 0 Å². The van der Waals surface area contributed by atoms with Crippen LogP contribution in [0.4, 0.5) is 21.9 Å². The average molecular weight is 520 g/mol. The number of methoxy groups -OCH3 is 1. The van der Waals surface area contributed by atoms with E-state index in [-0.39, 0.29) is 24.7 Å². The molecule has 1 aromatic heterocycles. The van der Waals surface area contributed by atoms with Crippen LogP contribution in [0, 0.1) is 6.92 Å². The van der Waals surface area contributed by atoms with E-state index in [4.69, 9.17) is 9.84 Å². The molecule has 0 saturated heterocycles. The van der Waals surface area contributed by atoms with Crippen molar-refractivity contribution < 1.29 is 29.0 Å². The summed E-state index contributed by atoms with van der Waals surface area (Å²) in [4.78, 5) is 51.7. The zero-order valence-corrected chi connectivity index (χ0v) is 21.2. The molecule has 1 atom stereocenters. The van der Waals surface area contributed by atoms with Gasteiger partial charge in [-0.15, -0.1) is 0 Å². The Kier molecular flexibility index (Phi) is 9.36. The maximum Gasteiger partial charge on any atom is 0.323 e. The number of anilines is 3. The van der Waals surface area contributed by atoms with Crippen molar-refractivity contribution in [2.24, 2.45) is 0 Å². The Morgan fingerprint density at radius 1 is 0.974 bits per heavy atom. The smallest absolute Gasteiger partial charge is 0.323 e. The van der Waals surface area contributed by atoms with Gasteiger partial charge in [0.1, 0.15) is 5.75 Å². The van der Waals surface area contributed by atoms with Crippen LogP contribution in [0.15, 0.2) is 60.8 Å². The lowest BCUT2D eigenvalue weighted by Crippen LogP contribution is -2.28. The van der Waals surface area contributed by atoms with Gasteiger partial charge in [-0.2, -0.15) is 0 Å². The second kappa shape index (κ2) is 12.9. The highest BCUT2D eigenvalue weighted by molar-refractivity contribution is 6.01. The van der Waals surface area contributed by atoms with E-state index in [1.165, 1.54) is 20.2 Å². The number of carbonyl (C=O) groups is 4. The summed E-state index contributed by atoms with van der Waals surface area (Å²) in [5.41, 5.74) is 3.48. The Morgan fingerprint density at radius 2 is 1.71 bits per heavy atom. The number of hydrogen-bond donors (Lipinski definition) is 5. The molecule has 4 amide bonds. The van der Waals surface area contributed by atoms with Crippen molar-refractivity contribution in [3.63, 3.8) is 0 Å². The molecule has 0 radical (unpaired) electrons. The maximum atomic E-state index is 12.6. The number of nitrogens with zero attached hydrogens (tertiary/aromatic N) is 1. The fraction of sp³-hybridized carbons (Fsp3) is 0.222. The molecule has 0 saturated carbocycles. The van der Waals surface area contributed by atoms with Crippen LogP contribution in [0.5, 0.6) is 5.75 Å². The number of benzene rings is 2. The first kappa shape index (κ1) is 27.7. The van der Waals surface area contributed by atoms with E-state index in [1.807, 2.05) is 25.1 Å². The Balaban J connectivity index is 1.61. The van der Waals surface area contributed by atoms with Crippen molar-refractivity contribution in [1.82, 2.24) is 10.3 Å². The van der Waals surface area contributed by atoms with Crippen LogP contribution < -0.4 is 26.0 Å². The highest BCUT2D eigenvalue weighted by Gasteiger charge is 2.18. The number of amides is 4. The third-order valence-electron chi connectivity index (χ3n) is 5.46. The summed E-state index contributed by atoms with van der Waals surface area (Å²) in [5, 5.41) is 19.9. The summed E-state index contributed by atoms with van der Waals surface area (Å²) in [7, 11) is 1.47. The third kappa shape index (κ3) is 8.05. The van der Waals surface area contributed by atoms with E-state index in [0.717, 1.165) is 5.56 Å². The number of pyridine rings is 1. The van der Waals surface area contributed by atoms with E-state index >= 15 is 0 Å². The monoisotopic (exact) mass is 519 g/mol. The fourth-order valence-electron chi connectivity index (χ4n) is 3.66. The molecule has 2 aromatic carbocycles. The molecule has 11 heteroatoms. The second-order valence-electron chi connectivity index (χ2n) is 8.48. The highest BCUT2D eigenvalue weighted by Crippen LogP contribution is 2.26. The normalized spacial score (nSPS) is 11.1. The number of urea groups is 1. The van der Waals surface area contributed by atoms with Gasteiger partial charge in [-0.25, -0.2) is 4.79 Å². The van der Waals surface area contributed by atoms with Crippen LogP contribution in [0.3, 0.4) is 0 Å². The molecule has 1 unspecified atom stereocenters. The molecular weight excluding hydrogens is 490 g/mol. The van der Waals surface area contributed by atoms with E-state index < -0.39 is 18.0 Å². The quantitative estimate of drug-likeness (QED) is 0.272. The highest BCUT2D eigenvalue weighted by atomic mass is 16.5. The van der Waals surface area contributed by atoms with Crippen molar-refractivity contribution >= 4 is 40.9 Å². The molecule has 3 rings (SSSR count). The van der Waals surface area contributed by atoms with E-state index in [2.05, 4.69) is 26.3 Å². The first-order valence-electron chi connectivity index (χ1n) is 11.7. The van der Waals surface area contributed by atoms with Crippen LogP contribution in [0.25, 0.3) is 0 Å². The van der Waals surface area contributed by atoms with Crippen molar-refractivity contribution in [3.05, 3.63) is 77.6 Å². The molecular formula is C27H29N5O6. The summed E-state index contributed by atoms with van der Waals surface area (Å²) < 4.78 is 5.40. The number of carboxylic acid groups (broad SMARTS) is 1. The zero-order chi connectivity index (χ0) is 27.7. The Morgan fingerprint density at radius 3 is 2.34 bits per heavy atom. The predicted octanol–water partition coefficient (Wildman–Crippen LogP) is 3.88. The SMILES string of the molecule is COc1cc(CC(=O)Nc2ccc(C(CC(=O)O)NC(C)=O)nc2)ccc1NC(=O)Nc1ccccc1C. The first-order valence-corrected chi connectivity index (χ1v) is 11.7. The van der Waals surface area contributed by atoms with Gasteiger partial charge in [-0.05, 0) is 48.4 Å². The lowest BCUT2D eigenvalue weighted by atomic mass is 10.1. The number of nitrogens with one attached hydrogen (secondary N) is 4. The zero-order valence-electron chi connectivity index (χ0n) is 21.2. The van der Waals surface area contributed by atoms with Gasteiger partial charge in [-0.3, -0.25) is 19.4 Å². The first-order chi connectivity index (χ1) is 18.1. The second-order valence-corrected chi connectivity index (χ2v) is 8.48. The van der Waals surface area contributed by atoms with Crippen LogP contribution in [0.2, 0.25) is 0 Å². The van der Waals surface area contributed by atoms with Gasteiger partial charge >= 0.3 is 12.0 Å². The summed E-state index contributed by atoms with van der Waals surface area (Å²) in [6.45, 7) is 3.18. The van der Waals surface area contributed by atoms with Crippen LogP contribution in [0.1, 0.15) is 36.2 Å². The van der Waals surface area contributed by atoms with Gasteiger partial charge in [0.05, 0.1) is 49.3 Å². The van der Waals surface area contributed by atoms with Gasteiger partial charge in [0.2, 0.25) is 11.8 Å². The molecule has 11 nitrogen and oxygen atoms in total. The Hall–Kier alpha value is -4.93. The van der Waals surface area contributed by atoms with E-state index in [9.17, 15) is 19.2 Å². The molecule has 38 heavy (non-hydrogen) atoms. The van der Waals surface area contributed by atoms with Gasteiger partial charge in [-0.1, -0.05) is 24.3 Å². The molecule has 3 aromatic rings. The van der Waals surface area contributed by atoms with E-state index in [1.54, 1.807) is 36.4 Å². The number of para-hydroxylation sites is 1. The average Bonchev–Trinajstić information content (AvgIpc) is 2.86. The summed E-state index contributed by atoms with van der Waals surface area (Å²) >= 11 is 0. The third-order valence-corrected chi connectivity index (χ3v) is 5.46. The van der Waals surface area contributed by atoms with Gasteiger partial charge < -0.3 is 31.1 Å². The number of aromatic nitrogens is 1. The lowest BCUT2D eigenvalue weighted by Gasteiger charge is -2.16. The number of hydrogen-bond acceptors (Lipinski definition) is 6. The van der Waals surface area contributed by atoms with Crippen LogP contribution in [-0.4, -0.2) is 41.0 Å². The lowest BCUT2D eigenvalue weighted by molar-refractivity contribution is -0.137. The molecule has 1 heterocycles.